The molecule has 1 aromatic rings. The Morgan fingerprint density at radius 2 is 1.82 bits per heavy atom. The Morgan fingerprint density at radius 1 is 1.21 bits per heavy atom. The fourth-order valence-electron chi connectivity index (χ4n) is 3.63. The first-order chi connectivity index (χ1) is 13.0. The summed E-state index contributed by atoms with van der Waals surface area (Å²) < 4.78 is 4.64. The van der Waals surface area contributed by atoms with Gasteiger partial charge >= 0.3 is 5.97 Å². The van der Waals surface area contributed by atoms with Crippen molar-refractivity contribution in [2.75, 3.05) is 7.11 Å². The van der Waals surface area contributed by atoms with Crippen LogP contribution < -0.4 is 0 Å². The molecule has 28 heavy (non-hydrogen) atoms. The number of carbonyl (C=O) groups excluding carboxylic acids is 2. The molecule has 4 heteroatoms. The van der Waals surface area contributed by atoms with Gasteiger partial charge in [-0.25, -0.2) is 4.79 Å². The Balaban J connectivity index is 2.45. The maximum Gasteiger partial charge on any atom is 0.330 e. The van der Waals surface area contributed by atoms with E-state index in [0.717, 1.165) is 11.1 Å². The molecule has 0 spiro atoms. The van der Waals surface area contributed by atoms with Crippen molar-refractivity contribution in [3.8, 4) is 0 Å². The molecular formula is C24H30O4. The molecule has 1 aromatic carbocycles. The van der Waals surface area contributed by atoms with Crippen LogP contribution in [0.25, 0.3) is 0 Å². The molecule has 0 saturated carbocycles. The molecule has 1 atom stereocenters. The fraction of sp³-hybridized carbons (Fsp3) is 0.417. The number of hydrogen-bond donors (Lipinski definition) is 1. The van der Waals surface area contributed by atoms with Crippen molar-refractivity contribution < 1.29 is 19.4 Å². The van der Waals surface area contributed by atoms with Crippen molar-refractivity contribution >= 4 is 11.8 Å². The molecular weight excluding hydrogens is 352 g/mol. The topological polar surface area (TPSA) is 63.6 Å². The van der Waals surface area contributed by atoms with Gasteiger partial charge in [0.25, 0.3) is 0 Å². The number of aliphatic hydroxyl groups is 1. The van der Waals surface area contributed by atoms with Gasteiger partial charge in [0.05, 0.1) is 7.11 Å². The molecule has 0 fully saturated rings. The highest BCUT2D eigenvalue weighted by Gasteiger charge is 2.49. The number of esters is 1. The molecule has 0 amide bonds. The van der Waals surface area contributed by atoms with Crippen LogP contribution in [0.3, 0.4) is 0 Å². The molecule has 4 nitrogen and oxygen atoms in total. The molecule has 0 heterocycles. The third kappa shape index (κ3) is 4.50. The SMILES string of the molecule is COC(=O)/C=C(C)\C=C\[C@@]1(O)C(C)=C(Cc2ccc(C)cc2)C(=O)CC1(C)C. The maximum atomic E-state index is 12.8. The number of benzene rings is 1. The predicted molar refractivity (Wildman–Crippen MR) is 111 cm³/mol. The van der Waals surface area contributed by atoms with Gasteiger partial charge in [0.15, 0.2) is 5.78 Å². The van der Waals surface area contributed by atoms with Crippen LogP contribution in [-0.2, 0) is 20.7 Å². The zero-order chi connectivity index (χ0) is 21.1. The summed E-state index contributed by atoms with van der Waals surface area (Å²) in [5, 5.41) is 11.6. The molecule has 2 rings (SSSR count). The average Bonchev–Trinajstić information content (AvgIpc) is 2.63. The smallest absolute Gasteiger partial charge is 0.330 e. The lowest BCUT2D eigenvalue weighted by Gasteiger charge is -2.46. The van der Waals surface area contributed by atoms with Crippen molar-refractivity contribution in [3.05, 3.63) is 70.3 Å². The minimum atomic E-state index is -1.29. The van der Waals surface area contributed by atoms with E-state index >= 15 is 0 Å². The van der Waals surface area contributed by atoms with Gasteiger partial charge in [0.1, 0.15) is 5.60 Å². The minimum Gasteiger partial charge on any atom is -0.466 e. The summed E-state index contributed by atoms with van der Waals surface area (Å²) in [7, 11) is 1.32. The molecule has 1 N–H and O–H groups in total. The quantitative estimate of drug-likeness (QED) is 0.469. The summed E-state index contributed by atoms with van der Waals surface area (Å²) in [6, 6.07) is 8.08. The number of ether oxygens (including phenoxy) is 1. The second kappa shape index (κ2) is 8.27. The van der Waals surface area contributed by atoms with E-state index in [1.54, 1.807) is 19.1 Å². The number of allylic oxidation sites excluding steroid dienone is 3. The van der Waals surface area contributed by atoms with Gasteiger partial charge in [0, 0.05) is 29.9 Å². The van der Waals surface area contributed by atoms with Crippen LogP contribution >= 0.6 is 0 Å². The van der Waals surface area contributed by atoms with Gasteiger partial charge in [-0.15, -0.1) is 0 Å². The van der Waals surface area contributed by atoms with E-state index in [0.29, 0.717) is 23.1 Å². The van der Waals surface area contributed by atoms with Crippen molar-refractivity contribution in [2.24, 2.45) is 5.41 Å². The van der Waals surface area contributed by atoms with Gasteiger partial charge < -0.3 is 9.84 Å². The number of hydrogen-bond acceptors (Lipinski definition) is 4. The molecule has 0 aliphatic heterocycles. The Hall–Kier alpha value is -2.46. The van der Waals surface area contributed by atoms with Crippen LogP contribution in [0.1, 0.15) is 45.2 Å². The van der Waals surface area contributed by atoms with E-state index in [4.69, 9.17) is 0 Å². The third-order valence-corrected chi connectivity index (χ3v) is 5.63. The van der Waals surface area contributed by atoms with E-state index in [9.17, 15) is 14.7 Å². The normalized spacial score (nSPS) is 22.7. The Bertz CT molecular complexity index is 853. The zero-order valence-electron chi connectivity index (χ0n) is 17.6. The van der Waals surface area contributed by atoms with Crippen molar-refractivity contribution in [3.63, 3.8) is 0 Å². The number of carbonyl (C=O) groups is 2. The second-order valence-corrected chi connectivity index (χ2v) is 8.26. The largest absolute Gasteiger partial charge is 0.466 e. The van der Waals surface area contributed by atoms with Gasteiger partial charge in [-0.2, -0.15) is 0 Å². The van der Waals surface area contributed by atoms with E-state index in [-0.39, 0.29) is 12.2 Å². The zero-order valence-corrected chi connectivity index (χ0v) is 17.6. The molecule has 0 saturated heterocycles. The van der Waals surface area contributed by atoms with Crippen LogP contribution in [0.4, 0.5) is 0 Å². The summed E-state index contributed by atoms with van der Waals surface area (Å²) in [4.78, 5) is 24.3. The number of ketones is 1. The molecule has 1 aliphatic carbocycles. The van der Waals surface area contributed by atoms with E-state index in [1.165, 1.54) is 13.2 Å². The molecule has 0 radical (unpaired) electrons. The Morgan fingerprint density at radius 3 is 2.39 bits per heavy atom. The van der Waals surface area contributed by atoms with Gasteiger partial charge in [-0.05, 0) is 43.6 Å². The van der Waals surface area contributed by atoms with Gasteiger partial charge in [0.2, 0.25) is 0 Å². The molecule has 0 bridgehead atoms. The molecule has 0 unspecified atom stereocenters. The first-order valence-corrected chi connectivity index (χ1v) is 9.47. The highest BCUT2D eigenvalue weighted by atomic mass is 16.5. The lowest BCUT2D eigenvalue weighted by molar-refractivity contribution is -0.134. The van der Waals surface area contributed by atoms with Crippen LogP contribution in [0, 0.1) is 12.3 Å². The van der Waals surface area contributed by atoms with E-state index < -0.39 is 17.0 Å². The highest BCUT2D eigenvalue weighted by molar-refractivity contribution is 5.98. The van der Waals surface area contributed by atoms with E-state index in [1.807, 2.05) is 52.0 Å². The summed E-state index contributed by atoms with van der Waals surface area (Å²) in [5.41, 5.74) is 2.25. The fourth-order valence-corrected chi connectivity index (χ4v) is 3.63. The average molecular weight is 383 g/mol. The number of aryl methyl sites for hydroxylation is 1. The Kier molecular flexibility index (Phi) is 6.45. The maximum absolute atomic E-state index is 12.8. The highest BCUT2D eigenvalue weighted by Crippen LogP contribution is 2.47. The molecule has 1 aliphatic rings. The van der Waals surface area contributed by atoms with Crippen LogP contribution in [-0.4, -0.2) is 29.6 Å². The number of rotatable bonds is 5. The molecule has 0 aromatic heterocycles. The monoisotopic (exact) mass is 382 g/mol. The lowest BCUT2D eigenvalue weighted by atomic mass is 9.62. The standard InChI is InChI=1S/C24H30O4/c1-16-7-9-19(10-8-16)14-20-18(3)24(27,23(4,5)15-21(20)25)12-11-17(2)13-22(26)28-6/h7-13,27H,14-15H2,1-6H3/b12-11+,17-13-/t24-/m1/s1. The summed E-state index contributed by atoms with van der Waals surface area (Å²) in [5.74, 6) is -0.373. The number of Topliss-reactive ketones (excluding diaryl/α,β-unsaturated/α-hetero) is 1. The van der Waals surface area contributed by atoms with E-state index in [2.05, 4.69) is 4.74 Å². The summed E-state index contributed by atoms with van der Waals surface area (Å²) >= 11 is 0. The van der Waals surface area contributed by atoms with Crippen molar-refractivity contribution in [1.82, 2.24) is 0 Å². The Labute approximate surface area is 167 Å². The minimum absolute atomic E-state index is 0.0722. The van der Waals surface area contributed by atoms with Crippen molar-refractivity contribution in [1.29, 1.82) is 0 Å². The van der Waals surface area contributed by atoms with Gasteiger partial charge in [-0.3, -0.25) is 4.79 Å². The lowest BCUT2D eigenvalue weighted by Crippen LogP contribution is -2.49. The first kappa shape index (κ1) is 21.8. The van der Waals surface area contributed by atoms with Gasteiger partial charge in [-0.1, -0.05) is 49.8 Å². The third-order valence-electron chi connectivity index (χ3n) is 5.63. The summed E-state index contributed by atoms with van der Waals surface area (Å²) in [6.07, 6.45) is 5.52. The first-order valence-electron chi connectivity index (χ1n) is 9.47. The van der Waals surface area contributed by atoms with Crippen LogP contribution in [0.5, 0.6) is 0 Å². The van der Waals surface area contributed by atoms with Crippen LogP contribution in [0.15, 0.2) is 59.2 Å². The predicted octanol–water partition coefficient (Wildman–Crippen LogP) is 4.26. The number of methoxy groups -OCH3 is 1. The second-order valence-electron chi connectivity index (χ2n) is 8.26. The van der Waals surface area contributed by atoms with Crippen LogP contribution in [0.2, 0.25) is 0 Å². The summed E-state index contributed by atoms with van der Waals surface area (Å²) in [6.45, 7) is 9.40. The van der Waals surface area contributed by atoms with Crippen molar-refractivity contribution in [2.45, 2.75) is 53.1 Å². The molecule has 150 valence electrons.